The molecule has 0 atom stereocenters. The van der Waals surface area contributed by atoms with Gasteiger partial charge < -0.3 is 10.6 Å². The molecule has 0 saturated carbocycles. The van der Waals surface area contributed by atoms with Crippen LogP contribution in [0.3, 0.4) is 0 Å². The van der Waals surface area contributed by atoms with Crippen molar-refractivity contribution in [3.63, 3.8) is 0 Å². The lowest BCUT2D eigenvalue weighted by Gasteiger charge is -2.16. The molecule has 2 aromatic heterocycles. The fourth-order valence-corrected chi connectivity index (χ4v) is 3.80. The molecule has 0 bridgehead atoms. The summed E-state index contributed by atoms with van der Waals surface area (Å²) >= 11 is 0. The molecule has 0 radical (unpaired) electrons. The van der Waals surface area contributed by atoms with Crippen LogP contribution >= 0.6 is 0 Å². The largest absolute Gasteiger partial charge is 0.386 e. The molecule has 2 aromatic carbocycles. The van der Waals surface area contributed by atoms with Gasteiger partial charge in [-0.2, -0.15) is 10.2 Å². The molecule has 30 heavy (non-hydrogen) atoms. The Kier molecular flexibility index (Phi) is 5.57. The zero-order valence-electron chi connectivity index (χ0n) is 18.0. The van der Waals surface area contributed by atoms with Gasteiger partial charge >= 0.3 is 0 Å². The van der Waals surface area contributed by atoms with Crippen LogP contribution in [-0.4, -0.2) is 33.7 Å². The number of nitrogens with one attached hydrogen (secondary N) is 2. The van der Waals surface area contributed by atoms with Gasteiger partial charge in [-0.25, -0.2) is 0 Å². The second-order valence-electron chi connectivity index (χ2n) is 7.53. The lowest BCUT2D eigenvalue weighted by atomic mass is 9.91. The first-order valence-corrected chi connectivity index (χ1v) is 10.2. The Bertz CT molecular complexity index is 1060. The van der Waals surface area contributed by atoms with Crippen LogP contribution in [-0.2, 0) is 13.1 Å². The van der Waals surface area contributed by atoms with Crippen LogP contribution in [0.5, 0.6) is 0 Å². The highest BCUT2D eigenvalue weighted by Crippen LogP contribution is 2.31. The van der Waals surface area contributed by atoms with Crippen molar-refractivity contribution >= 4 is 11.4 Å². The number of rotatable bonds is 7. The second kappa shape index (κ2) is 8.45. The molecule has 0 unspecified atom stereocenters. The van der Waals surface area contributed by atoms with E-state index in [9.17, 15) is 0 Å². The van der Waals surface area contributed by atoms with Crippen LogP contribution in [0, 0.1) is 13.8 Å². The Hall–Kier alpha value is -3.54. The van der Waals surface area contributed by atoms with Crippen molar-refractivity contribution in [2.24, 2.45) is 0 Å². The van der Waals surface area contributed by atoms with E-state index in [1.165, 1.54) is 33.4 Å². The number of aromatic nitrogens is 4. The molecule has 0 fully saturated rings. The summed E-state index contributed by atoms with van der Waals surface area (Å²) in [7, 11) is 3.82. The summed E-state index contributed by atoms with van der Waals surface area (Å²) in [5.41, 5.74) is 9.70. The topological polar surface area (TPSA) is 59.7 Å². The van der Waals surface area contributed by atoms with E-state index in [0.29, 0.717) is 0 Å². The molecule has 2 heterocycles. The highest BCUT2D eigenvalue weighted by atomic mass is 15.3. The average molecular weight is 401 g/mol. The molecule has 154 valence electrons. The fraction of sp³-hybridized carbons (Fsp3) is 0.250. The zero-order valence-corrected chi connectivity index (χ0v) is 18.0. The average Bonchev–Trinajstić information content (AvgIpc) is 3.40. The van der Waals surface area contributed by atoms with Crippen molar-refractivity contribution in [3.8, 4) is 11.1 Å². The molecule has 0 aliphatic rings. The van der Waals surface area contributed by atoms with Gasteiger partial charge in [-0.3, -0.25) is 9.36 Å². The van der Waals surface area contributed by atoms with Gasteiger partial charge in [0.05, 0.1) is 36.9 Å². The SMILES string of the molecule is CNc1cnn(Cc2cccc(-c3cccc(Cn4cc(NC)cn4)c3C)c2C)c1. The lowest BCUT2D eigenvalue weighted by molar-refractivity contribution is 0.683. The summed E-state index contributed by atoms with van der Waals surface area (Å²) in [4.78, 5) is 0. The van der Waals surface area contributed by atoms with E-state index in [-0.39, 0.29) is 0 Å². The minimum absolute atomic E-state index is 0.750. The summed E-state index contributed by atoms with van der Waals surface area (Å²) in [6, 6.07) is 13.1. The number of anilines is 2. The summed E-state index contributed by atoms with van der Waals surface area (Å²) in [6.45, 7) is 5.90. The van der Waals surface area contributed by atoms with Gasteiger partial charge in [-0.15, -0.1) is 0 Å². The van der Waals surface area contributed by atoms with Crippen molar-refractivity contribution in [3.05, 3.63) is 83.4 Å². The van der Waals surface area contributed by atoms with Crippen LogP contribution < -0.4 is 10.6 Å². The maximum atomic E-state index is 4.45. The van der Waals surface area contributed by atoms with Crippen LogP contribution in [0.15, 0.2) is 61.2 Å². The highest BCUT2D eigenvalue weighted by Gasteiger charge is 2.12. The lowest BCUT2D eigenvalue weighted by Crippen LogP contribution is -2.05. The van der Waals surface area contributed by atoms with Crippen molar-refractivity contribution in [1.82, 2.24) is 19.6 Å². The normalized spacial score (nSPS) is 10.9. The second-order valence-corrected chi connectivity index (χ2v) is 7.53. The van der Waals surface area contributed by atoms with E-state index < -0.39 is 0 Å². The third-order valence-corrected chi connectivity index (χ3v) is 5.69. The minimum Gasteiger partial charge on any atom is -0.386 e. The number of hydrogen-bond donors (Lipinski definition) is 2. The molecule has 0 spiro atoms. The van der Waals surface area contributed by atoms with Crippen molar-refractivity contribution < 1.29 is 0 Å². The molecule has 2 N–H and O–H groups in total. The predicted molar refractivity (Wildman–Crippen MR) is 123 cm³/mol. The van der Waals surface area contributed by atoms with Gasteiger partial charge in [-0.1, -0.05) is 36.4 Å². The van der Waals surface area contributed by atoms with Crippen LogP contribution in [0.1, 0.15) is 22.3 Å². The monoisotopic (exact) mass is 400 g/mol. The standard InChI is InChI=1S/C24H28N6/c1-17-19(13-29-15-21(25-3)11-27-29)7-5-9-23(17)24-10-6-8-20(18(24)2)14-30-16-22(26-4)12-28-30/h5-12,15-16,25-26H,13-14H2,1-4H3. The van der Waals surface area contributed by atoms with E-state index in [4.69, 9.17) is 0 Å². The minimum atomic E-state index is 0.750. The zero-order chi connectivity index (χ0) is 21.1. The molecule has 6 heteroatoms. The Morgan fingerprint density at radius 1 is 0.700 bits per heavy atom. The summed E-state index contributed by atoms with van der Waals surface area (Å²) < 4.78 is 3.94. The quantitative estimate of drug-likeness (QED) is 0.478. The first-order chi connectivity index (χ1) is 14.6. The van der Waals surface area contributed by atoms with E-state index >= 15 is 0 Å². The van der Waals surface area contributed by atoms with Gasteiger partial charge in [0.1, 0.15) is 0 Å². The Balaban J connectivity index is 1.65. The van der Waals surface area contributed by atoms with Gasteiger partial charge in [-0.05, 0) is 47.2 Å². The number of hydrogen-bond acceptors (Lipinski definition) is 4. The Morgan fingerprint density at radius 2 is 1.13 bits per heavy atom. The van der Waals surface area contributed by atoms with Crippen molar-refractivity contribution in [1.29, 1.82) is 0 Å². The molecule has 0 amide bonds. The van der Waals surface area contributed by atoms with Gasteiger partial charge in [0.2, 0.25) is 0 Å². The van der Waals surface area contributed by atoms with Crippen LogP contribution in [0.25, 0.3) is 11.1 Å². The summed E-state index contributed by atoms with van der Waals surface area (Å²) in [5.74, 6) is 0. The number of nitrogens with zero attached hydrogens (tertiary/aromatic N) is 4. The van der Waals surface area contributed by atoms with Crippen LogP contribution in [0.4, 0.5) is 11.4 Å². The van der Waals surface area contributed by atoms with Crippen molar-refractivity contribution in [2.45, 2.75) is 26.9 Å². The van der Waals surface area contributed by atoms with Crippen LogP contribution in [0.2, 0.25) is 0 Å². The van der Waals surface area contributed by atoms with Gasteiger partial charge in [0.15, 0.2) is 0 Å². The molecule has 6 nitrogen and oxygen atoms in total. The fourth-order valence-electron chi connectivity index (χ4n) is 3.80. The maximum Gasteiger partial charge on any atom is 0.0724 e. The molecule has 0 aliphatic carbocycles. The molecule has 0 saturated heterocycles. The first kappa shape index (κ1) is 19.8. The summed E-state index contributed by atoms with van der Waals surface area (Å²) in [5, 5.41) is 15.2. The molecule has 4 rings (SSSR count). The van der Waals surface area contributed by atoms with E-state index in [2.05, 4.69) is 71.1 Å². The maximum absolute atomic E-state index is 4.45. The third kappa shape index (κ3) is 3.94. The van der Waals surface area contributed by atoms with Crippen molar-refractivity contribution in [2.75, 3.05) is 24.7 Å². The van der Waals surface area contributed by atoms with E-state index in [1.54, 1.807) is 0 Å². The van der Waals surface area contributed by atoms with Gasteiger partial charge in [0, 0.05) is 26.5 Å². The predicted octanol–water partition coefficient (Wildman–Crippen LogP) is 4.54. The first-order valence-electron chi connectivity index (χ1n) is 10.2. The van der Waals surface area contributed by atoms with Gasteiger partial charge in [0.25, 0.3) is 0 Å². The molecule has 0 aliphatic heterocycles. The molecular formula is C24H28N6. The number of benzene rings is 2. The van der Waals surface area contributed by atoms with E-state index in [0.717, 1.165) is 24.5 Å². The smallest absolute Gasteiger partial charge is 0.0724 e. The Morgan fingerprint density at radius 3 is 1.50 bits per heavy atom. The third-order valence-electron chi connectivity index (χ3n) is 5.69. The highest BCUT2D eigenvalue weighted by molar-refractivity contribution is 5.72. The van der Waals surface area contributed by atoms with E-state index in [1.807, 2.05) is 48.2 Å². The molecular weight excluding hydrogens is 372 g/mol. The Labute approximate surface area is 177 Å². The molecule has 4 aromatic rings. The summed E-state index contributed by atoms with van der Waals surface area (Å²) in [6.07, 6.45) is 7.76.